The van der Waals surface area contributed by atoms with E-state index in [9.17, 15) is 23.1 Å². The Hall–Kier alpha value is -3.61. The van der Waals surface area contributed by atoms with Crippen molar-refractivity contribution >= 4 is 32.9 Å². The lowest BCUT2D eigenvalue weighted by atomic mass is 9.49. The molecule has 6 fully saturated rings. The number of nitrogens with zero attached hydrogens (tertiary/aromatic N) is 4. The van der Waals surface area contributed by atoms with E-state index >= 15 is 0 Å². The summed E-state index contributed by atoms with van der Waals surface area (Å²) < 4.78 is 34.2. The van der Waals surface area contributed by atoms with Gasteiger partial charge in [-0.2, -0.15) is 0 Å². The Kier molecular flexibility index (Phi) is 10.9. The zero-order valence-corrected chi connectivity index (χ0v) is 33.2. The second-order valence-electron chi connectivity index (χ2n) is 17.6. The highest BCUT2D eigenvalue weighted by atomic mass is 32.2. The Balaban J connectivity index is 0.827. The Morgan fingerprint density at radius 3 is 2.09 bits per heavy atom. The maximum absolute atomic E-state index is 13.9. The first-order chi connectivity index (χ1) is 26.5. The lowest BCUT2D eigenvalue weighted by Gasteiger charge is -2.57. The van der Waals surface area contributed by atoms with Gasteiger partial charge in [0.25, 0.3) is 10.0 Å². The quantitative estimate of drug-likeness (QED) is 0.235. The van der Waals surface area contributed by atoms with Crippen molar-refractivity contribution in [1.82, 2.24) is 18.7 Å². The molecule has 3 N–H and O–H groups in total. The highest BCUT2D eigenvalue weighted by molar-refractivity contribution is 7.90. The first kappa shape index (κ1) is 38.3. The summed E-state index contributed by atoms with van der Waals surface area (Å²) in [5.41, 5.74) is 7.24. The van der Waals surface area contributed by atoms with Gasteiger partial charge >= 0.3 is 6.03 Å². The van der Waals surface area contributed by atoms with Crippen molar-refractivity contribution in [3.05, 3.63) is 60.3 Å². The van der Waals surface area contributed by atoms with Gasteiger partial charge in [-0.15, -0.1) is 0 Å². The van der Waals surface area contributed by atoms with Gasteiger partial charge in [-0.3, -0.25) is 4.79 Å². The number of urea groups is 1. The fraction of sp³-hybridized carbons (Fsp3) is 0.628. The fourth-order valence-corrected chi connectivity index (χ4v) is 12.7. The number of amides is 3. The zero-order valence-electron chi connectivity index (χ0n) is 32.4. The molecule has 0 spiro atoms. The van der Waals surface area contributed by atoms with Gasteiger partial charge in [0, 0.05) is 44.3 Å². The predicted octanol–water partition coefficient (Wildman–Crippen LogP) is 5.86. The summed E-state index contributed by atoms with van der Waals surface area (Å²) in [4.78, 5) is 33.8. The standard InChI is InChI=1S/C43H59N5O6S/c1-30-6-8-37(9-7-30)55(52,53)48-21-14-38-39(48)4-2-5-40(38)54-29-36(49)28-47(16-3-15-44)42(51)46-19-12-35(13-20-46)34-10-17-45(18-11-34)41(50)43-25-31-22-32(26-43)24-33(23-31)27-43/h2,4-9,14,21,31-36,49H,3,10-13,15-20,22-29,44H2,1H3. The summed E-state index contributed by atoms with van der Waals surface area (Å²) in [5, 5.41) is 11.7. The first-order valence-corrected chi connectivity index (χ1v) is 22.2. The lowest BCUT2D eigenvalue weighted by molar-refractivity contribution is -0.159. The van der Waals surface area contributed by atoms with E-state index in [0.29, 0.717) is 67.0 Å². The van der Waals surface area contributed by atoms with Crippen molar-refractivity contribution in [3.63, 3.8) is 0 Å². The number of benzene rings is 2. The van der Waals surface area contributed by atoms with Gasteiger partial charge in [0.05, 0.1) is 22.4 Å². The molecule has 3 amide bonds. The van der Waals surface area contributed by atoms with Crippen LogP contribution >= 0.6 is 0 Å². The van der Waals surface area contributed by atoms with Crippen LogP contribution in [0.2, 0.25) is 0 Å². The van der Waals surface area contributed by atoms with Crippen molar-refractivity contribution in [2.24, 2.45) is 40.7 Å². The lowest BCUT2D eigenvalue weighted by Crippen LogP contribution is -2.56. The van der Waals surface area contributed by atoms with Crippen molar-refractivity contribution in [2.45, 2.75) is 88.6 Å². The molecule has 1 aromatic heterocycles. The van der Waals surface area contributed by atoms with Crippen LogP contribution in [0, 0.1) is 41.9 Å². The van der Waals surface area contributed by atoms with Gasteiger partial charge in [0.2, 0.25) is 5.91 Å². The largest absolute Gasteiger partial charge is 0.490 e. The normalized spacial score (nSPS) is 26.4. The number of aryl methyl sites for hydroxylation is 1. The van der Waals surface area contributed by atoms with E-state index in [0.717, 1.165) is 81.4 Å². The molecule has 6 aliphatic rings. The van der Waals surface area contributed by atoms with Crippen molar-refractivity contribution in [1.29, 1.82) is 0 Å². The zero-order chi connectivity index (χ0) is 38.3. The highest BCUT2D eigenvalue weighted by Crippen LogP contribution is 2.60. The number of aliphatic hydroxyl groups is 1. The molecule has 12 heteroatoms. The highest BCUT2D eigenvalue weighted by Gasteiger charge is 2.55. The number of piperidine rings is 2. The van der Waals surface area contributed by atoms with E-state index < -0.39 is 16.1 Å². The molecule has 4 saturated carbocycles. The molecule has 1 atom stereocenters. The van der Waals surface area contributed by atoms with Crippen LogP contribution in [0.15, 0.2) is 59.6 Å². The molecule has 0 radical (unpaired) electrons. The van der Waals surface area contributed by atoms with Crippen LogP contribution in [0.5, 0.6) is 5.75 Å². The fourth-order valence-electron chi connectivity index (χ4n) is 11.4. The Morgan fingerprint density at radius 1 is 0.891 bits per heavy atom. The van der Waals surface area contributed by atoms with E-state index in [4.69, 9.17) is 10.5 Å². The van der Waals surface area contributed by atoms with Crippen molar-refractivity contribution in [3.8, 4) is 5.75 Å². The van der Waals surface area contributed by atoms with E-state index in [2.05, 4.69) is 4.90 Å². The Morgan fingerprint density at radius 2 is 1.49 bits per heavy atom. The number of carbonyl (C=O) groups excluding carboxylic acids is 2. The first-order valence-electron chi connectivity index (χ1n) is 20.8. The number of carbonyl (C=O) groups is 2. The molecule has 4 aliphatic carbocycles. The molecule has 4 bridgehead atoms. The van der Waals surface area contributed by atoms with E-state index in [-0.39, 0.29) is 29.5 Å². The number of ether oxygens (including phenoxy) is 1. The number of aromatic nitrogens is 1. The summed E-state index contributed by atoms with van der Waals surface area (Å²) in [6.07, 6.45) is 12.7. The molecule has 55 heavy (non-hydrogen) atoms. The molecular weight excluding hydrogens is 715 g/mol. The minimum atomic E-state index is -3.82. The van der Waals surface area contributed by atoms with Crippen LogP contribution in [0.4, 0.5) is 4.79 Å². The van der Waals surface area contributed by atoms with Crippen molar-refractivity contribution < 1.29 is 27.9 Å². The van der Waals surface area contributed by atoms with Gasteiger partial charge in [0.1, 0.15) is 18.5 Å². The molecule has 11 nitrogen and oxygen atoms in total. The average molecular weight is 774 g/mol. The minimum Gasteiger partial charge on any atom is -0.490 e. The van der Waals surface area contributed by atoms with Gasteiger partial charge in [-0.05, 0) is 144 Å². The third kappa shape index (κ3) is 7.75. The number of fused-ring (bicyclic) bond motifs is 1. The molecule has 2 aromatic carbocycles. The number of hydrogen-bond donors (Lipinski definition) is 2. The minimum absolute atomic E-state index is 0.0585. The molecule has 9 rings (SSSR count). The number of likely N-dealkylation sites (tertiary alicyclic amines) is 2. The Bertz CT molecular complexity index is 1910. The second kappa shape index (κ2) is 15.7. The summed E-state index contributed by atoms with van der Waals surface area (Å²) in [5.74, 6) is 4.42. The van der Waals surface area contributed by atoms with Crippen molar-refractivity contribution in [2.75, 3.05) is 52.4 Å². The number of hydrogen-bond acceptors (Lipinski definition) is 7. The number of aliphatic hydroxyl groups excluding tert-OH is 1. The molecule has 2 aliphatic heterocycles. The molecule has 298 valence electrons. The average Bonchev–Trinajstić information content (AvgIpc) is 3.64. The van der Waals surface area contributed by atoms with Crippen LogP contribution < -0.4 is 10.5 Å². The SMILES string of the molecule is Cc1ccc(S(=O)(=O)n2ccc3c(OCC(O)CN(CCCN)C(=O)N4CCC(C5CCN(C(=O)C67CC8CC(CC(C8)C6)C7)CC5)CC4)cccc32)cc1. The maximum atomic E-state index is 13.9. The van der Waals surface area contributed by atoms with Gasteiger partial charge < -0.3 is 30.3 Å². The summed E-state index contributed by atoms with van der Waals surface area (Å²) in [6, 6.07) is 13.6. The summed E-state index contributed by atoms with van der Waals surface area (Å²) in [7, 11) is -3.82. The van der Waals surface area contributed by atoms with Crippen LogP contribution in [0.1, 0.15) is 76.2 Å². The molecule has 3 heterocycles. The topological polar surface area (TPSA) is 138 Å². The molecule has 2 saturated heterocycles. The van der Waals surface area contributed by atoms with Gasteiger partial charge in [-0.25, -0.2) is 17.2 Å². The van der Waals surface area contributed by atoms with E-state index in [1.807, 2.05) is 11.8 Å². The summed E-state index contributed by atoms with van der Waals surface area (Å²) >= 11 is 0. The van der Waals surface area contributed by atoms with Gasteiger partial charge in [0.15, 0.2) is 0 Å². The smallest absolute Gasteiger partial charge is 0.320 e. The molecule has 3 aromatic rings. The van der Waals surface area contributed by atoms with Crippen LogP contribution in [0.25, 0.3) is 10.9 Å². The molecule has 1 unspecified atom stereocenters. The van der Waals surface area contributed by atoms with E-state index in [1.165, 1.54) is 29.4 Å². The number of nitrogens with two attached hydrogens (primary N) is 1. The number of rotatable bonds is 12. The third-order valence-electron chi connectivity index (χ3n) is 13.8. The van der Waals surface area contributed by atoms with Gasteiger partial charge in [-0.1, -0.05) is 23.8 Å². The molecular formula is C43H59N5O6S. The second-order valence-corrected chi connectivity index (χ2v) is 19.4. The monoisotopic (exact) mass is 773 g/mol. The predicted molar refractivity (Wildman–Crippen MR) is 212 cm³/mol. The Labute approximate surface area is 326 Å². The third-order valence-corrected chi connectivity index (χ3v) is 15.5. The van der Waals surface area contributed by atoms with Crippen LogP contribution in [-0.2, 0) is 14.8 Å². The van der Waals surface area contributed by atoms with Crippen LogP contribution in [0.3, 0.4) is 0 Å². The maximum Gasteiger partial charge on any atom is 0.320 e. The summed E-state index contributed by atoms with van der Waals surface area (Å²) in [6.45, 7) is 5.96. The van der Waals surface area contributed by atoms with Crippen LogP contribution in [-0.4, -0.2) is 103 Å². The van der Waals surface area contributed by atoms with E-state index in [1.54, 1.807) is 53.4 Å².